The minimum absolute atomic E-state index is 0.632. The highest BCUT2D eigenvalue weighted by atomic mass is 15.2. The summed E-state index contributed by atoms with van der Waals surface area (Å²) < 4.78 is 0. The van der Waals surface area contributed by atoms with Crippen LogP contribution in [0.15, 0.2) is 24.3 Å². The molecule has 0 spiro atoms. The average Bonchev–Trinajstić information content (AvgIpc) is 2.40. The Morgan fingerprint density at radius 3 is 2.50 bits per heavy atom. The Balaban J connectivity index is 2.11. The number of nitrogens with zero attached hydrogens (tertiary/aromatic N) is 1. The molecule has 0 aromatic heterocycles. The van der Waals surface area contributed by atoms with Gasteiger partial charge in [0.1, 0.15) is 0 Å². The molecule has 1 aliphatic rings. The highest BCUT2D eigenvalue weighted by Gasteiger charge is 2.23. The van der Waals surface area contributed by atoms with E-state index < -0.39 is 0 Å². The molecule has 0 amide bonds. The fourth-order valence-electron chi connectivity index (χ4n) is 3.16. The molecular weight excluding hydrogens is 220 g/mol. The normalized spacial score (nSPS) is 23.9. The predicted octanol–water partition coefficient (Wildman–Crippen LogP) is 3.55. The Hall–Kier alpha value is -1.02. The molecule has 2 rings (SSSR count). The van der Waals surface area contributed by atoms with E-state index >= 15 is 0 Å². The number of anilines is 1. The number of hydrogen-bond acceptors (Lipinski definition) is 2. The van der Waals surface area contributed by atoms with Crippen molar-refractivity contribution in [2.45, 2.75) is 52.1 Å². The van der Waals surface area contributed by atoms with Crippen LogP contribution in [0.5, 0.6) is 0 Å². The van der Waals surface area contributed by atoms with Crippen LogP contribution >= 0.6 is 0 Å². The van der Waals surface area contributed by atoms with E-state index in [0.717, 1.165) is 18.5 Å². The lowest BCUT2D eigenvalue weighted by Gasteiger charge is -2.37. The average molecular weight is 246 g/mol. The summed E-state index contributed by atoms with van der Waals surface area (Å²) in [5, 5.41) is 0. The second-order valence-corrected chi connectivity index (χ2v) is 5.58. The van der Waals surface area contributed by atoms with Gasteiger partial charge in [0.25, 0.3) is 0 Å². The molecule has 1 fully saturated rings. The summed E-state index contributed by atoms with van der Waals surface area (Å²) in [5.74, 6) is 0.876. The summed E-state index contributed by atoms with van der Waals surface area (Å²) in [7, 11) is 0. The molecule has 100 valence electrons. The van der Waals surface area contributed by atoms with Crippen LogP contribution in [-0.4, -0.2) is 12.6 Å². The van der Waals surface area contributed by atoms with Crippen molar-refractivity contribution in [1.29, 1.82) is 0 Å². The third-order valence-corrected chi connectivity index (χ3v) is 4.19. The summed E-state index contributed by atoms with van der Waals surface area (Å²) in [6, 6.07) is 9.49. The molecule has 1 aromatic carbocycles. The van der Waals surface area contributed by atoms with Gasteiger partial charge in [-0.05, 0) is 43.4 Å². The van der Waals surface area contributed by atoms with Gasteiger partial charge >= 0.3 is 0 Å². The first-order valence-corrected chi connectivity index (χ1v) is 7.30. The molecule has 18 heavy (non-hydrogen) atoms. The highest BCUT2D eigenvalue weighted by molar-refractivity contribution is 5.48. The summed E-state index contributed by atoms with van der Waals surface area (Å²) in [4.78, 5) is 2.57. The zero-order valence-corrected chi connectivity index (χ0v) is 11.7. The van der Waals surface area contributed by atoms with Crippen molar-refractivity contribution in [2.24, 2.45) is 11.7 Å². The monoisotopic (exact) mass is 246 g/mol. The Labute approximate surface area is 111 Å². The Morgan fingerprint density at radius 1 is 1.22 bits per heavy atom. The van der Waals surface area contributed by atoms with Crippen molar-refractivity contribution in [3.05, 3.63) is 29.8 Å². The van der Waals surface area contributed by atoms with E-state index in [1.807, 2.05) is 0 Å². The largest absolute Gasteiger partial charge is 0.369 e. The van der Waals surface area contributed by atoms with Gasteiger partial charge in [-0.2, -0.15) is 0 Å². The quantitative estimate of drug-likeness (QED) is 0.880. The van der Waals surface area contributed by atoms with Crippen LogP contribution in [-0.2, 0) is 6.54 Å². The molecule has 2 atom stereocenters. The standard InChI is InChI=1S/C16H26N2/c1-3-18(16-6-4-5-13(2)11-16)15-9-7-14(12-17)8-10-15/h7-10,13,16H,3-6,11-12,17H2,1-2H3. The van der Waals surface area contributed by atoms with Crippen LogP contribution in [0.1, 0.15) is 45.1 Å². The van der Waals surface area contributed by atoms with Crippen LogP contribution < -0.4 is 10.6 Å². The molecule has 1 aromatic rings. The summed E-state index contributed by atoms with van der Waals surface area (Å²) in [6.07, 6.45) is 5.46. The maximum Gasteiger partial charge on any atom is 0.0368 e. The Morgan fingerprint density at radius 2 is 1.94 bits per heavy atom. The zero-order chi connectivity index (χ0) is 13.0. The first-order chi connectivity index (χ1) is 8.74. The number of nitrogens with two attached hydrogens (primary N) is 1. The summed E-state index contributed by atoms with van der Waals surface area (Å²) >= 11 is 0. The number of benzene rings is 1. The molecule has 0 heterocycles. The van der Waals surface area contributed by atoms with Crippen LogP contribution in [0.25, 0.3) is 0 Å². The Bertz CT molecular complexity index is 358. The van der Waals surface area contributed by atoms with Crippen molar-refractivity contribution < 1.29 is 0 Å². The third kappa shape index (κ3) is 3.05. The van der Waals surface area contributed by atoms with Gasteiger partial charge in [0.05, 0.1) is 0 Å². The lowest BCUT2D eigenvalue weighted by atomic mass is 9.86. The van der Waals surface area contributed by atoms with Crippen molar-refractivity contribution in [3.63, 3.8) is 0 Å². The summed E-state index contributed by atoms with van der Waals surface area (Å²) in [6.45, 7) is 6.37. The maximum absolute atomic E-state index is 5.66. The van der Waals surface area contributed by atoms with Crippen LogP contribution in [0.3, 0.4) is 0 Å². The molecule has 2 nitrogen and oxygen atoms in total. The number of hydrogen-bond donors (Lipinski definition) is 1. The van der Waals surface area contributed by atoms with Gasteiger partial charge in [-0.25, -0.2) is 0 Å². The second-order valence-electron chi connectivity index (χ2n) is 5.58. The molecule has 2 N–H and O–H groups in total. The summed E-state index contributed by atoms with van der Waals surface area (Å²) in [5.41, 5.74) is 8.23. The van der Waals surface area contributed by atoms with Gasteiger partial charge in [-0.1, -0.05) is 31.9 Å². The van der Waals surface area contributed by atoms with E-state index in [0.29, 0.717) is 6.54 Å². The van der Waals surface area contributed by atoms with Crippen molar-refractivity contribution in [2.75, 3.05) is 11.4 Å². The van der Waals surface area contributed by atoms with Crippen molar-refractivity contribution >= 4 is 5.69 Å². The molecule has 0 radical (unpaired) electrons. The van der Waals surface area contributed by atoms with Gasteiger partial charge < -0.3 is 10.6 Å². The van der Waals surface area contributed by atoms with Gasteiger partial charge in [-0.3, -0.25) is 0 Å². The lowest BCUT2D eigenvalue weighted by molar-refractivity contribution is 0.331. The first kappa shape index (κ1) is 13.4. The third-order valence-electron chi connectivity index (χ3n) is 4.19. The predicted molar refractivity (Wildman–Crippen MR) is 78.8 cm³/mol. The minimum atomic E-state index is 0.632. The molecule has 1 aliphatic carbocycles. The fraction of sp³-hybridized carbons (Fsp3) is 0.625. The molecular formula is C16H26N2. The highest BCUT2D eigenvalue weighted by Crippen LogP contribution is 2.30. The van der Waals surface area contributed by atoms with Gasteiger partial charge in [-0.15, -0.1) is 0 Å². The van der Waals surface area contributed by atoms with Crippen molar-refractivity contribution in [1.82, 2.24) is 0 Å². The Kier molecular flexibility index (Phi) is 4.65. The van der Waals surface area contributed by atoms with E-state index in [4.69, 9.17) is 5.73 Å². The van der Waals surface area contributed by atoms with Gasteiger partial charge in [0.15, 0.2) is 0 Å². The fourth-order valence-corrected chi connectivity index (χ4v) is 3.16. The molecule has 0 saturated heterocycles. The molecule has 0 aliphatic heterocycles. The molecule has 1 saturated carbocycles. The van der Waals surface area contributed by atoms with E-state index in [-0.39, 0.29) is 0 Å². The SMILES string of the molecule is CCN(c1ccc(CN)cc1)C1CCCC(C)C1. The zero-order valence-electron chi connectivity index (χ0n) is 11.7. The second kappa shape index (κ2) is 6.24. The molecule has 0 bridgehead atoms. The molecule has 2 heteroatoms. The molecule has 2 unspecified atom stereocenters. The maximum atomic E-state index is 5.66. The first-order valence-electron chi connectivity index (χ1n) is 7.30. The van der Waals surface area contributed by atoms with Crippen LogP contribution in [0.2, 0.25) is 0 Å². The minimum Gasteiger partial charge on any atom is -0.369 e. The number of rotatable bonds is 4. The smallest absolute Gasteiger partial charge is 0.0368 e. The van der Waals surface area contributed by atoms with Crippen molar-refractivity contribution in [3.8, 4) is 0 Å². The topological polar surface area (TPSA) is 29.3 Å². The van der Waals surface area contributed by atoms with Gasteiger partial charge in [0, 0.05) is 24.8 Å². The van der Waals surface area contributed by atoms with E-state index in [2.05, 4.69) is 43.0 Å². The van der Waals surface area contributed by atoms with E-state index in [9.17, 15) is 0 Å². The van der Waals surface area contributed by atoms with E-state index in [1.54, 1.807) is 0 Å². The van der Waals surface area contributed by atoms with Crippen LogP contribution in [0.4, 0.5) is 5.69 Å². The van der Waals surface area contributed by atoms with E-state index in [1.165, 1.54) is 36.9 Å². The van der Waals surface area contributed by atoms with Crippen LogP contribution in [0, 0.1) is 5.92 Å². The lowest BCUT2D eigenvalue weighted by Crippen LogP contribution is -2.38. The van der Waals surface area contributed by atoms with Gasteiger partial charge in [0.2, 0.25) is 0 Å².